The van der Waals surface area contributed by atoms with Gasteiger partial charge in [0.15, 0.2) is 0 Å². The van der Waals surface area contributed by atoms with Crippen LogP contribution in [0.15, 0.2) is 12.2 Å². The van der Waals surface area contributed by atoms with E-state index in [2.05, 4.69) is 25.2 Å². The number of hydrogen-bond acceptors (Lipinski definition) is 4. The van der Waals surface area contributed by atoms with Crippen LogP contribution in [0.4, 0.5) is 0 Å². The van der Waals surface area contributed by atoms with Crippen molar-refractivity contribution in [3.63, 3.8) is 0 Å². The van der Waals surface area contributed by atoms with Crippen LogP contribution in [0.2, 0.25) is 0 Å². The molecule has 0 aromatic carbocycles. The Labute approximate surface area is 280 Å². The van der Waals surface area contributed by atoms with Crippen molar-refractivity contribution in [1.29, 1.82) is 0 Å². The van der Waals surface area contributed by atoms with Gasteiger partial charge in [0, 0.05) is 0 Å². The van der Waals surface area contributed by atoms with Crippen LogP contribution in [0.25, 0.3) is 0 Å². The van der Waals surface area contributed by atoms with Crippen LogP contribution in [0, 0.1) is 0 Å². The molecule has 0 radical (unpaired) electrons. The Kier molecular flexibility index (Phi) is 35.2. The second-order valence-electron chi connectivity index (χ2n) is 13.8. The number of aliphatic hydroxyl groups excluding tert-OH is 3. The molecule has 0 aromatic heterocycles. The first-order chi connectivity index (χ1) is 22.1. The summed E-state index contributed by atoms with van der Waals surface area (Å²) in [5.74, 6) is -0.506. The number of amides is 1. The van der Waals surface area contributed by atoms with Gasteiger partial charge >= 0.3 is 0 Å². The smallest absolute Gasteiger partial charge is 0.249 e. The molecule has 0 aromatic rings. The summed E-state index contributed by atoms with van der Waals surface area (Å²) in [6.45, 7) is 4.17. The fourth-order valence-corrected chi connectivity index (χ4v) is 6.19. The normalized spacial score (nSPS) is 13.8. The summed E-state index contributed by atoms with van der Waals surface area (Å²) in [5, 5.41) is 33.0. The van der Waals surface area contributed by atoms with E-state index < -0.39 is 24.2 Å². The second-order valence-corrected chi connectivity index (χ2v) is 13.8. The van der Waals surface area contributed by atoms with E-state index in [9.17, 15) is 20.1 Å². The fraction of sp³-hybridized carbons (Fsp3) is 0.925. The first-order valence-electron chi connectivity index (χ1n) is 20.0. The van der Waals surface area contributed by atoms with Gasteiger partial charge in [0.1, 0.15) is 6.10 Å². The van der Waals surface area contributed by atoms with E-state index in [0.717, 1.165) is 19.3 Å². The maximum Gasteiger partial charge on any atom is 0.249 e. The molecule has 0 fully saturated rings. The Morgan fingerprint density at radius 3 is 1.27 bits per heavy atom. The van der Waals surface area contributed by atoms with Gasteiger partial charge in [-0.1, -0.05) is 193 Å². The van der Waals surface area contributed by atoms with Gasteiger partial charge in [0.25, 0.3) is 0 Å². The Morgan fingerprint density at radius 2 is 0.867 bits per heavy atom. The molecule has 0 saturated carbocycles. The molecule has 0 bridgehead atoms. The molecule has 5 heteroatoms. The monoisotopic (exact) mass is 638 g/mol. The molecule has 268 valence electrons. The van der Waals surface area contributed by atoms with Crippen LogP contribution >= 0.6 is 0 Å². The summed E-state index contributed by atoms with van der Waals surface area (Å²) in [7, 11) is 0. The molecule has 0 aliphatic carbocycles. The van der Waals surface area contributed by atoms with E-state index in [1.807, 2.05) is 6.08 Å². The van der Waals surface area contributed by atoms with Crippen LogP contribution in [0.3, 0.4) is 0 Å². The largest absolute Gasteiger partial charge is 0.394 e. The SMILES string of the molecule is CCCCCC/C=C\CCC(O)C(=O)NC(CO)C(O)CCCCCCCCCCCCCCCCCCCCCCCCC. The molecule has 0 spiro atoms. The zero-order valence-electron chi connectivity index (χ0n) is 30.3. The third-order valence-electron chi connectivity index (χ3n) is 9.39. The Hall–Kier alpha value is -0.910. The zero-order chi connectivity index (χ0) is 33.1. The molecule has 0 saturated heterocycles. The quantitative estimate of drug-likeness (QED) is 0.0406. The van der Waals surface area contributed by atoms with Crippen molar-refractivity contribution < 1.29 is 20.1 Å². The minimum atomic E-state index is -1.12. The zero-order valence-corrected chi connectivity index (χ0v) is 30.3. The lowest BCUT2D eigenvalue weighted by molar-refractivity contribution is -0.131. The van der Waals surface area contributed by atoms with E-state index in [-0.39, 0.29) is 6.61 Å². The number of unbranched alkanes of at least 4 members (excludes halogenated alkanes) is 26. The maximum absolute atomic E-state index is 12.3. The Morgan fingerprint density at radius 1 is 0.511 bits per heavy atom. The van der Waals surface area contributed by atoms with Gasteiger partial charge in [-0.05, 0) is 32.1 Å². The lowest BCUT2D eigenvalue weighted by Gasteiger charge is -2.23. The highest BCUT2D eigenvalue weighted by atomic mass is 16.3. The number of rotatable bonds is 36. The van der Waals surface area contributed by atoms with Gasteiger partial charge in [-0.15, -0.1) is 0 Å². The molecule has 4 N–H and O–H groups in total. The Bertz CT molecular complexity index is 625. The molecule has 3 unspecified atom stereocenters. The second kappa shape index (κ2) is 35.9. The molecule has 0 heterocycles. The van der Waals surface area contributed by atoms with Crippen LogP contribution in [-0.4, -0.2) is 46.1 Å². The van der Waals surface area contributed by atoms with Crippen molar-refractivity contribution in [1.82, 2.24) is 5.32 Å². The van der Waals surface area contributed by atoms with E-state index in [1.165, 1.54) is 161 Å². The summed E-state index contributed by atoms with van der Waals surface area (Å²) in [6, 6.07) is -0.721. The van der Waals surface area contributed by atoms with Crippen molar-refractivity contribution in [2.45, 2.75) is 231 Å². The van der Waals surface area contributed by atoms with E-state index in [1.54, 1.807) is 0 Å². The average molecular weight is 638 g/mol. The number of nitrogens with one attached hydrogen (secondary N) is 1. The van der Waals surface area contributed by atoms with Gasteiger partial charge in [-0.25, -0.2) is 0 Å². The average Bonchev–Trinajstić information content (AvgIpc) is 3.04. The topological polar surface area (TPSA) is 89.8 Å². The summed E-state index contributed by atoms with van der Waals surface area (Å²) in [6.07, 6.45) is 40.9. The summed E-state index contributed by atoms with van der Waals surface area (Å²) in [5.41, 5.74) is 0. The standard InChI is InChI=1S/C40H79NO4/c1-3-5-7-9-11-13-14-15-16-17-18-19-20-21-22-23-24-25-26-27-29-30-32-34-38(43)37(36-42)41-40(45)39(44)35-33-31-28-12-10-8-6-4-2/h28,31,37-39,42-44H,3-27,29-30,32-36H2,1-2H3,(H,41,45)/b31-28-. The summed E-state index contributed by atoms with van der Waals surface area (Å²) >= 11 is 0. The van der Waals surface area contributed by atoms with Gasteiger partial charge < -0.3 is 20.6 Å². The van der Waals surface area contributed by atoms with Crippen molar-refractivity contribution in [2.24, 2.45) is 0 Å². The molecule has 3 atom stereocenters. The Balaban J connectivity index is 3.55. The number of allylic oxidation sites excluding steroid dienone is 2. The molecule has 1 amide bonds. The van der Waals surface area contributed by atoms with E-state index >= 15 is 0 Å². The molecule has 0 aliphatic rings. The molecule has 0 rings (SSSR count). The first kappa shape index (κ1) is 44.1. The highest BCUT2D eigenvalue weighted by Crippen LogP contribution is 2.16. The number of carbonyl (C=O) groups is 1. The van der Waals surface area contributed by atoms with Crippen molar-refractivity contribution in [3.05, 3.63) is 12.2 Å². The van der Waals surface area contributed by atoms with Crippen molar-refractivity contribution in [2.75, 3.05) is 6.61 Å². The lowest BCUT2D eigenvalue weighted by Crippen LogP contribution is -2.49. The fourth-order valence-electron chi connectivity index (χ4n) is 6.19. The lowest BCUT2D eigenvalue weighted by atomic mass is 10.0. The highest BCUT2D eigenvalue weighted by Gasteiger charge is 2.23. The molecule has 5 nitrogen and oxygen atoms in total. The molecule has 0 aliphatic heterocycles. The number of aliphatic hydroxyl groups is 3. The molecular formula is C40H79NO4. The van der Waals surface area contributed by atoms with E-state index in [0.29, 0.717) is 19.3 Å². The first-order valence-corrected chi connectivity index (χ1v) is 20.0. The summed E-state index contributed by atoms with van der Waals surface area (Å²) in [4.78, 5) is 12.3. The third-order valence-corrected chi connectivity index (χ3v) is 9.39. The van der Waals surface area contributed by atoms with Crippen LogP contribution in [0.1, 0.15) is 213 Å². The van der Waals surface area contributed by atoms with Crippen molar-refractivity contribution >= 4 is 5.91 Å². The van der Waals surface area contributed by atoms with E-state index in [4.69, 9.17) is 0 Å². The van der Waals surface area contributed by atoms with Crippen LogP contribution in [0.5, 0.6) is 0 Å². The van der Waals surface area contributed by atoms with Gasteiger partial charge in [-0.2, -0.15) is 0 Å². The van der Waals surface area contributed by atoms with Gasteiger partial charge in [0.2, 0.25) is 5.91 Å². The highest BCUT2D eigenvalue weighted by molar-refractivity contribution is 5.80. The van der Waals surface area contributed by atoms with Crippen LogP contribution in [-0.2, 0) is 4.79 Å². The number of carbonyl (C=O) groups excluding carboxylic acids is 1. The number of hydrogen-bond donors (Lipinski definition) is 4. The maximum atomic E-state index is 12.3. The minimum absolute atomic E-state index is 0.323. The van der Waals surface area contributed by atoms with Gasteiger partial charge in [0.05, 0.1) is 18.8 Å². The predicted octanol–water partition coefficient (Wildman–Crippen LogP) is 10.9. The molecular weight excluding hydrogens is 558 g/mol. The predicted molar refractivity (Wildman–Crippen MR) is 195 cm³/mol. The minimum Gasteiger partial charge on any atom is -0.394 e. The summed E-state index contributed by atoms with van der Waals surface area (Å²) < 4.78 is 0. The van der Waals surface area contributed by atoms with Gasteiger partial charge in [-0.3, -0.25) is 4.79 Å². The van der Waals surface area contributed by atoms with Crippen molar-refractivity contribution in [3.8, 4) is 0 Å². The molecule has 45 heavy (non-hydrogen) atoms. The van der Waals surface area contributed by atoms with Crippen LogP contribution < -0.4 is 5.32 Å². The third kappa shape index (κ3) is 31.5.